The minimum Gasteiger partial charge on any atom is -0.494 e. The van der Waals surface area contributed by atoms with Crippen LogP contribution in [0.2, 0.25) is 0 Å². The van der Waals surface area contributed by atoms with Crippen LogP contribution in [0, 0.1) is 5.82 Å². The average Bonchev–Trinajstić information content (AvgIpc) is 2.95. The third kappa shape index (κ3) is 2.52. The number of ether oxygens (including phenoxy) is 2. The lowest BCUT2D eigenvalue weighted by Crippen LogP contribution is -2.53. The zero-order valence-electron chi connectivity index (χ0n) is 11.6. The average molecular weight is 316 g/mol. The zero-order chi connectivity index (χ0) is 15.0. The van der Waals surface area contributed by atoms with Gasteiger partial charge in [0.25, 0.3) is 0 Å². The second kappa shape index (κ2) is 5.53. The van der Waals surface area contributed by atoms with E-state index in [4.69, 9.17) is 9.47 Å². The van der Waals surface area contributed by atoms with Gasteiger partial charge in [0.2, 0.25) is 10.0 Å². The molecule has 0 radical (unpaired) electrons. The number of sulfonamides is 1. The largest absolute Gasteiger partial charge is 0.494 e. The predicted octanol–water partition coefficient (Wildman–Crippen LogP) is 0.196. The zero-order valence-corrected chi connectivity index (χ0v) is 12.4. The summed E-state index contributed by atoms with van der Waals surface area (Å²) in [5, 5.41) is 3.13. The summed E-state index contributed by atoms with van der Waals surface area (Å²) in [6.45, 7) is 1.86. The Bertz CT molecular complexity index is 637. The molecule has 1 aromatic carbocycles. The van der Waals surface area contributed by atoms with Crippen LogP contribution in [0.3, 0.4) is 0 Å². The maximum atomic E-state index is 13.5. The molecule has 1 aromatic rings. The van der Waals surface area contributed by atoms with Crippen LogP contribution in [-0.4, -0.2) is 58.2 Å². The molecule has 8 heteroatoms. The Morgan fingerprint density at radius 3 is 3.00 bits per heavy atom. The molecule has 2 fully saturated rings. The first-order valence-electron chi connectivity index (χ1n) is 6.72. The first-order chi connectivity index (χ1) is 10.0. The summed E-state index contributed by atoms with van der Waals surface area (Å²) < 4.78 is 50.9. The number of morpholine rings is 1. The van der Waals surface area contributed by atoms with E-state index in [0.29, 0.717) is 26.2 Å². The number of halogens is 1. The maximum Gasteiger partial charge on any atom is 0.243 e. The molecule has 2 heterocycles. The van der Waals surface area contributed by atoms with Crippen molar-refractivity contribution in [1.29, 1.82) is 0 Å². The Labute approximate surface area is 122 Å². The molecule has 2 atom stereocenters. The fraction of sp³-hybridized carbons (Fsp3) is 0.538. The van der Waals surface area contributed by atoms with Crippen LogP contribution < -0.4 is 10.1 Å². The number of benzene rings is 1. The van der Waals surface area contributed by atoms with Gasteiger partial charge in [0.15, 0.2) is 11.6 Å². The van der Waals surface area contributed by atoms with Gasteiger partial charge in [-0.2, -0.15) is 4.31 Å². The topological polar surface area (TPSA) is 67.9 Å². The van der Waals surface area contributed by atoms with Gasteiger partial charge < -0.3 is 14.8 Å². The van der Waals surface area contributed by atoms with Gasteiger partial charge in [-0.3, -0.25) is 0 Å². The molecule has 0 bridgehead atoms. The van der Waals surface area contributed by atoms with Crippen molar-refractivity contribution >= 4 is 10.0 Å². The Hall–Kier alpha value is -1.22. The van der Waals surface area contributed by atoms with Gasteiger partial charge in [0, 0.05) is 25.7 Å². The van der Waals surface area contributed by atoms with Crippen molar-refractivity contribution < 1.29 is 22.3 Å². The molecule has 116 valence electrons. The summed E-state index contributed by atoms with van der Waals surface area (Å²) in [4.78, 5) is 0.0355. The highest BCUT2D eigenvalue weighted by Gasteiger charge is 2.42. The fourth-order valence-electron chi connectivity index (χ4n) is 2.79. The van der Waals surface area contributed by atoms with E-state index >= 15 is 0 Å². The summed E-state index contributed by atoms with van der Waals surface area (Å²) in [6.07, 6.45) is -0.129. The lowest BCUT2D eigenvalue weighted by atomic mass is 10.2. The van der Waals surface area contributed by atoms with Crippen molar-refractivity contribution in [2.24, 2.45) is 0 Å². The number of rotatable bonds is 3. The lowest BCUT2D eigenvalue weighted by Gasteiger charge is -2.35. The molecule has 21 heavy (non-hydrogen) atoms. The highest BCUT2D eigenvalue weighted by molar-refractivity contribution is 7.89. The molecule has 0 aromatic heterocycles. The van der Waals surface area contributed by atoms with Crippen LogP contribution in [0.4, 0.5) is 4.39 Å². The molecule has 2 aliphatic heterocycles. The second-order valence-electron chi connectivity index (χ2n) is 5.05. The highest BCUT2D eigenvalue weighted by Crippen LogP contribution is 2.28. The number of nitrogens with one attached hydrogen (secondary N) is 1. The van der Waals surface area contributed by atoms with Crippen molar-refractivity contribution in [2.45, 2.75) is 17.0 Å². The standard InChI is InChI=1S/C13H17FN2O4S/c1-19-12-6-9(2-3-10(12)14)21(17,18)16-4-5-20-13-8-15-7-11(13)16/h2-3,6,11,13,15H,4-5,7-8H2,1H3/t11-,13+/m1/s1. The summed E-state index contributed by atoms with van der Waals surface area (Å²) >= 11 is 0. The lowest BCUT2D eigenvalue weighted by molar-refractivity contribution is -0.0149. The first kappa shape index (κ1) is 14.7. The van der Waals surface area contributed by atoms with Crippen molar-refractivity contribution in [1.82, 2.24) is 9.62 Å². The van der Waals surface area contributed by atoms with Crippen LogP contribution in [0.15, 0.2) is 23.1 Å². The quantitative estimate of drug-likeness (QED) is 0.862. The predicted molar refractivity (Wildman–Crippen MR) is 73.2 cm³/mol. The van der Waals surface area contributed by atoms with Gasteiger partial charge in [-0.15, -0.1) is 0 Å². The van der Waals surface area contributed by atoms with E-state index in [2.05, 4.69) is 5.32 Å². The Kier molecular flexibility index (Phi) is 3.87. The smallest absolute Gasteiger partial charge is 0.243 e. The fourth-order valence-corrected chi connectivity index (χ4v) is 4.44. The summed E-state index contributed by atoms with van der Waals surface area (Å²) in [5.41, 5.74) is 0. The summed E-state index contributed by atoms with van der Waals surface area (Å²) in [5.74, 6) is -0.663. The van der Waals surface area contributed by atoms with Crippen LogP contribution >= 0.6 is 0 Å². The SMILES string of the molecule is COc1cc(S(=O)(=O)N2CCO[C@H]3CNC[C@H]32)ccc1F. The molecular weight excluding hydrogens is 299 g/mol. The Balaban J connectivity index is 1.96. The van der Waals surface area contributed by atoms with Gasteiger partial charge >= 0.3 is 0 Å². The molecule has 0 aliphatic carbocycles. The summed E-state index contributed by atoms with van der Waals surface area (Å²) in [6, 6.07) is 3.37. The molecule has 0 amide bonds. The molecule has 1 N–H and O–H groups in total. The molecule has 6 nitrogen and oxygen atoms in total. The van der Waals surface area contributed by atoms with E-state index < -0.39 is 15.8 Å². The van der Waals surface area contributed by atoms with Gasteiger partial charge in [-0.1, -0.05) is 0 Å². The van der Waals surface area contributed by atoms with E-state index in [9.17, 15) is 12.8 Å². The minimum absolute atomic E-state index is 0.0355. The van der Waals surface area contributed by atoms with Gasteiger partial charge in [-0.05, 0) is 12.1 Å². The van der Waals surface area contributed by atoms with E-state index in [1.165, 1.54) is 23.5 Å². The Morgan fingerprint density at radius 1 is 1.43 bits per heavy atom. The van der Waals surface area contributed by atoms with E-state index in [-0.39, 0.29) is 22.8 Å². The number of methoxy groups -OCH3 is 1. The number of nitrogens with zero attached hydrogens (tertiary/aromatic N) is 1. The Morgan fingerprint density at radius 2 is 2.24 bits per heavy atom. The highest BCUT2D eigenvalue weighted by atomic mass is 32.2. The minimum atomic E-state index is -3.70. The van der Waals surface area contributed by atoms with Crippen molar-refractivity contribution in [3.63, 3.8) is 0 Å². The number of fused-ring (bicyclic) bond motifs is 1. The van der Waals surface area contributed by atoms with Crippen LogP contribution in [-0.2, 0) is 14.8 Å². The molecule has 3 rings (SSSR count). The van der Waals surface area contributed by atoms with Crippen LogP contribution in [0.5, 0.6) is 5.75 Å². The van der Waals surface area contributed by atoms with Crippen molar-refractivity contribution in [3.05, 3.63) is 24.0 Å². The van der Waals surface area contributed by atoms with Crippen molar-refractivity contribution in [2.75, 3.05) is 33.4 Å². The molecule has 0 saturated carbocycles. The van der Waals surface area contributed by atoms with Gasteiger partial charge in [-0.25, -0.2) is 12.8 Å². The third-order valence-corrected chi connectivity index (χ3v) is 5.79. The maximum absolute atomic E-state index is 13.5. The first-order valence-corrected chi connectivity index (χ1v) is 8.16. The summed E-state index contributed by atoms with van der Waals surface area (Å²) in [7, 11) is -2.39. The van der Waals surface area contributed by atoms with E-state index in [1.54, 1.807) is 0 Å². The van der Waals surface area contributed by atoms with Gasteiger partial charge in [0.1, 0.15) is 0 Å². The normalized spacial score (nSPS) is 26.6. The number of hydrogen-bond acceptors (Lipinski definition) is 5. The van der Waals surface area contributed by atoms with E-state index in [0.717, 1.165) is 6.07 Å². The molecule has 2 saturated heterocycles. The molecule has 0 spiro atoms. The second-order valence-corrected chi connectivity index (χ2v) is 6.94. The number of hydrogen-bond donors (Lipinski definition) is 1. The van der Waals surface area contributed by atoms with E-state index in [1.807, 2.05) is 0 Å². The molecule has 2 aliphatic rings. The van der Waals surface area contributed by atoms with Crippen LogP contribution in [0.25, 0.3) is 0 Å². The molecular formula is C13H17FN2O4S. The van der Waals surface area contributed by atoms with Crippen LogP contribution in [0.1, 0.15) is 0 Å². The van der Waals surface area contributed by atoms with Crippen molar-refractivity contribution in [3.8, 4) is 5.75 Å². The molecule has 0 unspecified atom stereocenters. The van der Waals surface area contributed by atoms with Gasteiger partial charge in [0.05, 0.1) is 30.8 Å². The monoisotopic (exact) mass is 316 g/mol. The third-order valence-electron chi connectivity index (χ3n) is 3.87.